The third kappa shape index (κ3) is 2.48. The van der Waals surface area contributed by atoms with Gasteiger partial charge in [0.05, 0.1) is 17.7 Å². The zero-order valence-electron chi connectivity index (χ0n) is 8.08. The second-order valence-corrected chi connectivity index (χ2v) is 3.03. The zero-order valence-corrected chi connectivity index (χ0v) is 8.08. The number of aliphatic carboxylic acids is 1. The summed E-state index contributed by atoms with van der Waals surface area (Å²) in [5.41, 5.74) is 3.65. The van der Waals surface area contributed by atoms with Crippen LogP contribution < -0.4 is 5.73 Å². The first kappa shape index (κ1) is 12.4. The van der Waals surface area contributed by atoms with Crippen LogP contribution in [0.5, 0.6) is 0 Å². The van der Waals surface area contributed by atoms with Gasteiger partial charge in [-0.2, -0.15) is 0 Å². The number of nitrogens with two attached hydrogens (primary N) is 1. The Hall–Kier alpha value is -1.63. The van der Waals surface area contributed by atoms with E-state index in [9.17, 15) is 18.0 Å². The Balaban J connectivity index is 3.26. The summed E-state index contributed by atoms with van der Waals surface area (Å²) in [6.45, 7) is -0.281. The lowest BCUT2D eigenvalue weighted by Gasteiger charge is -2.10. The Kier molecular flexibility index (Phi) is 3.83. The molecule has 1 heterocycles. The molecule has 1 rings (SSSR count). The van der Waals surface area contributed by atoms with Crippen LogP contribution in [0.4, 0.5) is 13.2 Å². The molecule has 0 radical (unpaired) electrons. The quantitative estimate of drug-likeness (QED) is 0.821. The molecule has 0 amide bonds. The Bertz CT molecular complexity index is 410. The van der Waals surface area contributed by atoms with Crippen LogP contribution in [0.2, 0.25) is 0 Å². The van der Waals surface area contributed by atoms with Gasteiger partial charge >= 0.3 is 5.97 Å². The third-order valence-corrected chi connectivity index (χ3v) is 1.97. The molecule has 0 saturated carbocycles. The van der Waals surface area contributed by atoms with Crippen molar-refractivity contribution in [1.82, 2.24) is 4.98 Å². The fraction of sp³-hybridized carbons (Fsp3) is 0.333. The van der Waals surface area contributed by atoms with Gasteiger partial charge in [-0.25, -0.2) is 13.2 Å². The van der Waals surface area contributed by atoms with E-state index in [1.807, 2.05) is 0 Å². The van der Waals surface area contributed by atoms with Crippen molar-refractivity contribution in [3.05, 3.63) is 28.8 Å². The SMILES string of the molecule is NCc1cnc(CC(=O)O)c(F)c1C(F)F. The van der Waals surface area contributed by atoms with Crippen molar-refractivity contribution in [2.75, 3.05) is 0 Å². The highest BCUT2D eigenvalue weighted by Gasteiger charge is 2.22. The number of hydrogen-bond acceptors (Lipinski definition) is 3. The van der Waals surface area contributed by atoms with Crippen molar-refractivity contribution in [2.45, 2.75) is 19.4 Å². The topological polar surface area (TPSA) is 76.2 Å². The van der Waals surface area contributed by atoms with E-state index in [1.54, 1.807) is 0 Å². The number of carbonyl (C=O) groups is 1. The van der Waals surface area contributed by atoms with Crippen molar-refractivity contribution in [1.29, 1.82) is 0 Å². The van der Waals surface area contributed by atoms with E-state index in [-0.39, 0.29) is 12.1 Å². The molecular weight excluding hydrogens is 225 g/mol. The highest BCUT2D eigenvalue weighted by Crippen LogP contribution is 2.26. The maximum absolute atomic E-state index is 13.5. The maximum atomic E-state index is 13.5. The van der Waals surface area contributed by atoms with Crippen molar-refractivity contribution in [3.8, 4) is 0 Å². The molecule has 4 nitrogen and oxygen atoms in total. The highest BCUT2D eigenvalue weighted by molar-refractivity contribution is 5.69. The fourth-order valence-corrected chi connectivity index (χ4v) is 1.24. The molecule has 0 aliphatic heterocycles. The third-order valence-electron chi connectivity index (χ3n) is 1.97. The first-order chi connectivity index (χ1) is 7.47. The average molecular weight is 234 g/mol. The molecule has 0 atom stereocenters. The average Bonchev–Trinajstić information content (AvgIpc) is 2.19. The van der Waals surface area contributed by atoms with Crippen LogP contribution >= 0.6 is 0 Å². The number of carboxylic acid groups (broad SMARTS) is 1. The normalized spacial score (nSPS) is 10.8. The lowest BCUT2D eigenvalue weighted by atomic mass is 10.1. The van der Waals surface area contributed by atoms with Crippen LogP contribution in [-0.2, 0) is 17.8 Å². The summed E-state index contributed by atoms with van der Waals surface area (Å²) in [6.07, 6.45) is -2.81. The number of nitrogens with zero attached hydrogens (tertiary/aromatic N) is 1. The highest BCUT2D eigenvalue weighted by atomic mass is 19.3. The summed E-state index contributed by atoms with van der Waals surface area (Å²) in [6, 6.07) is 0. The minimum Gasteiger partial charge on any atom is -0.481 e. The molecule has 1 aromatic rings. The number of halogens is 3. The second kappa shape index (κ2) is 4.93. The van der Waals surface area contributed by atoms with Gasteiger partial charge in [-0.15, -0.1) is 0 Å². The fourth-order valence-electron chi connectivity index (χ4n) is 1.24. The lowest BCUT2D eigenvalue weighted by Crippen LogP contribution is -2.12. The summed E-state index contributed by atoms with van der Waals surface area (Å²) in [5.74, 6) is -2.63. The zero-order chi connectivity index (χ0) is 12.3. The predicted octanol–water partition coefficient (Wildman–Crippen LogP) is 1.24. The van der Waals surface area contributed by atoms with Gasteiger partial charge in [0.1, 0.15) is 0 Å². The van der Waals surface area contributed by atoms with E-state index in [0.29, 0.717) is 0 Å². The predicted molar refractivity (Wildman–Crippen MR) is 48.4 cm³/mol. The molecule has 0 unspecified atom stereocenters. The summed E-state index contributed by atoms with van der Waals surface area (Å²) in [5, 5.41) is 8.43. The molecule has 16 heavy (non-hydrogen) atoms. The van der Waals surface area contributed by atoms with E-state index in [4.69, 9.17) is 10.8 Å². The summed E-state index contributed by atoms with van der Waals surface area (Å²) in [7, 11) is 0. The van der Waals surface area contributed by atoms with Crippen LogP contribution in [0.15, 0.2) is 6.20 Å². The van der Waals surface area contributed by atoms with E-state index >= 15 is 0 Å². The second-order valence-electron chi connectivity index (χ2n) is 3.03. The number of hydrogen-bond donors (Lipinski definition) is 2. The number of carboxylic acids is 1. The Morgan fingerprint density at radius 3 is 2.62 bits per heavy atom. The first-order valence-electron chi connectivity index (χ1n) is 4.33. The monoisotopic (exact) mass is 234 g/mol. The van der Waals surface area contributed by atoms with Gasteiger partial charge < -0.3 is 10.8 Å². The molecule has 88 valence electrons. The van der Waals surface area contributed by atoms with Gasteiger partial charge in [0, 0.05) is 12.7 Å². The summed E-state index contributed by atoms with van der Waals surface area (Å²) in [4.78, 5) is 13.8. The number of aromatic nitrogens is 1. The van der Waals surface area contributed by atoms with Crippen LogP contribution in [0.25, 0.3) is 0 Å². The summed E-state index contributed by atoms with van der Waals surface area (Å²) < 4.78 is 38.5. The van der Waals surface area contributed by atoms with Crippen LogP contribution in [0, 0.1) is 5.82 Å². The van der Waals surface area contributed by atoms with E-state index < -0.39 is 35.9 Å². The largest absolute Gasteiger partial charge is 0.481 e. The van der Waals surface area contributed by atoms with Gasteiger partial charge in [-0.1, -0.05) is 0 Å². The molecular formula is C9H9F3N2O2. The van der Waals surface area contributed by atoms with Crippen LogP contribution in [0.1, 0.15) is 23.2 Å². The molecule has 0 saturated heterocycles. The molecule has 0 fully saturated rings. The Labute approximate surface area is 88.9 Å². The van der Waals surface area contributed by atoms with Gasteiger partial charge in [-0.05, 0) is 5.56 Å². The maximum Gasteiger partial charge on any atom is 0.309 e. The van der Waals surface area contributed by atoms with Crippen LogP contribution in [0.3, 0.4) is 0 Å². The standard InChI is InChI=1S/C9H9F3N2O2/c10-8-5(1-6(15)16)14-3-4(2-13)7(8)9(11)12/h3,9H,1-2,13H2,(H,15,16). The van der Waals surface area contributed by atoms with Crippen LogP contribution in [-0.4, -0.2) is 16.1 Å². The van der Waals surface area contributed by atoms with Crippen molar-refractivity contribution >= 4 is 5.97 Å². The minimum atomic E-state index is -3.05. The molecule has 0 aliphatic carbocycles. The van der Waals surface area contributed by atoms with Crippen molar-refractivity contribution in [3.63, 3.8) is 0 Å². The minimum absolute atomic E-state index is 0.123. The van der Waals surface area contributed by atoms with E-state index in [2.05, 4.69) is 4.98 Å². The van der Waals surface area contributed by atoms with Crippen molar-refractivity contribution < 1.29 is 23.1 Å². The number of pyridine rings is 1. The smallest absolute Gasteiger partial charge is 0.309 e. The first-order valence-corrected chi connectivity index (χ1v) is 4.33. The molecule has 0 bridgehead atoms. The number of rotatable bonds is 4. The van der Waals surface area contributed by atoms with Crippen molar-refractivity contribution in [2.24, 2.45) is 5.73 Å². The molecule has 3 N–H and O–H groups in total. The number of alkyl halides is 2. The van der Waals surface area contributed by atoms with Gasteiger partial charge in [0.15, 0.2) is 5.82 Å². The molecule has 0 spiro atoms. The molecule has 1 aromatic heterocycles. The van der Waals surface area contributed by atoms with E-state index in [1.165, 1.54) is 0 Å². The molecule has 0 aromatic carbocycles. The van der Waals surface area contributed by atoms with Gasteiger partial charge in [0.25, 0.3) is 6.43 Å². The van der Waals surface area contributed by atoms with Gasteiger partial charge in [0.2, 0.25) is 0 Å². The Morgan fingerprint density at radius 1 is 1.56 bits per heavy atom. The lowest BCUT2D eigenvalue weighted by molar-refractivity contribution is -0.136. The molecule has 0 aliphatic rings. The molecule has 7 heteroatoms. The Morgan fingerprint density at radius 2 is 2.19 bits per heavy atom. The van der Waals surface area contributed by atoms with E-state index in [0.717, 1.165) is 6.20 Å². The summed E-state index contributed by atoms with van der Waals surface area (Å²) >= 11 is 0. The van der Waals surface area contributed by atoms with Gasteiger partial charge in [-0.3, -0.25) is 9.78 Å².